The highest BCUT2D eigenvalue weighted by Crippen LogP contribution is 2.28. The van der Waals surface area contributed by atoms with E-state index in [2.05, 4.69) is 27.9 Å². The molecule has 1 N–H and O–H groups in total. The number of hydrogen-bond acceptors (Lipinski definition) is 5. The zero-order valence-electron chi connectivity index (χ0n) is 12.0. The Labute approximate surface area is 128 Å². The van der Waals surface area contributed by atoms with Gasteiger partial charge in [-0.25, -0.2) is 4.98 Å². The van der Waals surface area contributed by atoms with Crippen LogP contribution in [0.3, 0.4) is 0 Å². The first-order valence-electron chi connectivity index (χ1n) is 7.15. The number of aromatic nitrogens is 2. The highest BCUT2D eigenvalue weighted by molar-refractivity contribution is 7.10. The lowest BCUT2D eigenvalue weighted by Gasteiger charge is -2.20. The number of hydrogen-bond donors (Lipinski definition) is 1. The number of nitriles is 1. The Bertz CT molecular complexity index is 642. The second kappa shape index (κ2) is 6.39. The molecule has 2 atom stereocenters. The van der Waals surface area contributed by atoms with Gasteiger partial charge in [0.2, 0.25) is 0 Å². The number of imidazole rings is 1. The molecule has 0 aromatic carbocycles. The number of nitrogens with one attached hydrogen (secondary N) is 1. The highest BCUT2D eigenvalue weighted by Gasteiger charge is 2.32. The Balaban J connectivity index is 1.66. The van der Waals surface area contributed by atoms with Crippen LogP contribution in [0.4, 0.5) is 0 Å². The zero-order chi connectivity index (χ0) is 14.7. The summed E-state index contributed by atoms with van der Waals surface area (Å²) < 4.78 is 8.00. The molecule has 6 heteroatoms. The SMILES string of the molecule is CCn1ccnc1[C@H]1OCC[C@@H]1NCc1cc(C#N)cs1. The van der Waals surface area contributed by atoms with Crippen molar-refractivity contribution in [3.8, 4) is 6.07 Å². The van der Waals surface area contributed by atoms with Gasteiger partial charge in [-0.3, -0.25) is 0 Å². The first kappa shape index (κ1) is 14.3. The van der Waals surface area contributed by atoms with Gasteiger partial charge < -0.3 is 14.6 Å². The van der Waals surface area contributed by atoms with E-state index in [0.717, 1.165) is 37.5 Å². The van der Waals surface area contributed by atoms with E-state index in [9.17, 15) is 0 Å². The molecule has 5 nitrogen and oxygen atoms in total. The van der Waals surface area contributed by atoms with E-state index in [0.29, 0.717) is 0 Å². The molecule has 0 saturated carbocycles. The molecule has 3 heterocycles. The zero-order valence-corrected chi connectivity index (χ0v) is 12.8. The highest BCUT2D eigenvalue weighted by atomic mass is 32.1. The maximum atomic E-state index is 8.86. The van der Waals surface area contributed by atoms with E-state index in [1.165, 1.54) is 4.88 Å². The van der Waals surface area contributed by atoms with Crippen LogP contribution in [0, 0.1) is 11.3 Å². The van der Waals surface area contributed by atoms with E-state index >= 15 is 0 Å². The van der Waals surface area contributed by atoms with Crippen molar-refractivity contribution >= 4 is 11.3 Å². The van der Waals surface area contributed by atoms with Crippen molar-refractivity contribution < 1.29 is 4.74 Å². The third-order valence-electron chi connectivity index (χ3n) is 3.76. The third-order valence-corrected chi connectivity index (χ3v) is 4.69. The normalized spacial score (nSPS) is 21.5. The summed E-state index contributed by atoms with van der Waals surface area (Å²) in [6.45, 7) is 4.53. The average molecular weight is 302 g/mol. The van der Waals surface area contributed by atoms with Gasteiger partial charge in [-0.1, -0.05) is 0 Å². The minimum atomic E-state index is 0.00958. The lowest BCUT2D eigenvalue weighted by atomic mass is 10.1. The molecule has 21 heavy (non-hydrogen) atoms. The summed E-state index contributed by atoms with van der Waals surface area (Å²) in [6, 6.07) is 4.37. The van der Waals surface area contributed by atoms with Gasteiger partial charge in [0.25, 0.3) is 0 Å². The van der Waals surface area contributed by atoms with Crippen molar-refractivity contribution in [2.75, 3.05) is 6.61 Å². The number of ether oxygens (including phenoxy) is 1. The lowest BCUT2D eigenvalue weighted by molar-refractivity contribution is 0.0886. The number of rotatable bonds is 5. The molecule has 0 aliphatic carbocycles. The molecule has 3 rings (SSSR count). The van der Waals surface area contributed by atoms with Crippen molar-refractivity contribution in [2.24, 2.45) is 0 Å². The quantitative estimate of drug-likeness (QED) is 0.921. The Morgan fingerprint density at radius 2 is 2.52 bits per heavy atom. The Morgan fingerprint density at radius 3 is 3.29 bits per heavy atom. The fourth-order valence-corrected chi connectivity index (χ4v) is 3.42. The summed E-state index contributed by atoms with van der Waals surface area (Å²) in [7, 11) is 0. The number of nitrogens with zero attached hydrogens (tertiary/aromatic N) is 3. The van der Waals surface area contributed by atoms with Crippen LogP contribution in [0.1, 0.15) is 35.7 Å². The molecule has 1 fully saturated rings. The van der Waals surface area contributed by atoms with Crippen molar-refractivity contribution in [1.82, 2.24) is 14.9 Å². The Morgan fingerprint density at radius 1 is 1.62 bits per heavy atom. The van der Waals surface area contributed by atoms with Gasteiger partial charge in [-0.15, -0.1) is 11.3 Å². The lowest BCUT2D eigenvalue weighted by Crippen LogP contribution is -2.32. The fourth-order valence-electron chi connectivity index (χ4n) is 2.66. The molecular weight excluding hydrogens is 284 g/mol. The summed E-state index contributed by atoms with van der Waals surface area (Å²) in [6.07, 6.45) is 4.82. The summed E-state index contributed by atoms with van der Waals surface area (Å²) >= 11 is 1.62. The van der Waals surface area contributed by atoms with Gasteiger partial charge in [0.15, 0.2) is 0 Å². The average Bonchev–Trinajstić information content (AvgIpc) is 3.23. The molecule has 1 aliphatic rings. The molecule has 0 spiro atoms. The molecule has 0 amide bonds. The number of thiophene rings is 1. The van der Waals surface area contributed by atoms with Crippen LogP contribution in [-0.4, -0.2) is 22.2 Å². The van der Waals surface area contributed by atoms with Crippen LogP contribution >= 0.6 is 11.3 Å². The smallest absolute Gasteiger partial charge is 0.139 e. The van der Waals surface area contributed by atoms with Crippen LogP contribution in [0.5, 0.6) is 0 Å². The predicted molar refractivity (Wildman–Crippen MR) is 80.9 cm³/mol. The first-order valence-corrected chi connectivity index (χ1v) is 8.03. The first-order chi connectivity index (χ1) is 10.3. The molecule has 2 aromatic heterocycles. The minimum Gasteiger partial charge on any atom is -0.369 e. The van der Waals surface area contributed by atoms with E-state index < -0.39 is 0 Å². The molecule has 110 valence electrons. The van der Waals surface area contributed by atoms with Crippen LogP contribution < -0.4 is 5.32 Å². The molecule has 2 aromatic rings. The van der Waals surface area contributed by atoms with Crippen molar-refractivity contribution in [3.05, 3.63) is 40.1 Å². The van der Waals surface area contributed by atoms with E-state index in [1.54, 1.807) is 11.3 Å². The van der Waals surface area contributed by atoms with Crippen LogP contribution in [0.2, 0.25) is 0 Å². The van der Waals surface area contributed by atoms with E-state index in [-0.39, 0.29) is 12.1 Å². The van der Waals surface area contributed by atoms with Gasteiger partial charge in [0, 0.05) is 48.4 Å². The topological polar surface area (TPSA) is 62.9 Å². The van der Waals surface area contributed by atoms with Crippen molar-refractivity contribution in [3.63, 3.8) is 0 Å². The van der Waals surface area contributed by atoms with Gasteiger partial charge in [0.05, 0.1) is 5.56 Å². The largest absolute Gasteiger partial charge is 0.369 e. The molecule has 1 saturated heterocycles. The molecule has 0 unspecified atom stereocenters. The number of aryl methyl sites for hydroxylation is 1. The summed E-state index contributed by atoms with van der Waals surface area (Å²) in [5.74, 6) is 0.997. The van der Waals surface area contributed by atoms with Gasteiger partial charge in [0.1, 0.15) is 18.0 Å². The Kier molecular flexibility index (Phi) is 4.34. The summed E-state index contributed by atoms with van der Waals surface area (Å²) in [5, 5.41) is 14.3. The monoisotopic (exact) mass is 302 g/mol. The molecule has 0 bridgehead atoms. The second-order valence-electron chi connectivity index (χ2n) is 5.05. The minimum absolute atomic E-state index is 0.00958. The predicted octanol–water partition coefficient (Wildman–Crippen LogP) is 2.46. The van der Waals surface area contributed by atoms with Crippen LogP contribution in [-0.2, 0) is 17.8 Å². The summed E-state index contributed by atoms with van der Waals surface area (Å²) in [4.78, 5) is 5.63. The van der Waals surface area contributed by atoms with Gasteiger partial charge in [-0.2, -0.15) is 5.26 Å². The van der Waals surface area contributed by atoms with Crippen molar-refractivity contribution in [2.45, 2.75) is 38.6 Å². The Hall–Kier alpha value is -1.68. The molecule has 0 radical (unpaired) electrons. The van der Waals surface area contributed by atoms with E-state index in [1.807, 2.05) is 23.8 Å². The second-order valence-corrected chi connectivity index (χ2v) is 6.05. The molecule has 1 aliphatic heterocycles. The van der Waals surface area contributed by atoms with Crippen molar-refractivity contribution in [1.29, 1.82) is 5.26 Å². The third kappa shape index (κ3) is 3.00. The van der Waals surface area contributed by atoms with E-state index in [4.69, 9.17) is 10.00 Å². The van der Waals surface area contributed by atoms with Crippen LogP contribution in [0.15, 0.2) is 23.8 Å². The fraction of sp³-hybridized carbons (Fsp3) is 0.467. The van der Waals surface area contributed by atoms with Gasteiger partial charge in [-0.05, 0) is 19.4 Å². The summed E-state index contributed by atoms with van der Waals surface area (Å²) in [5.41, 5.74) is 0.734. The maximum Gasteiger partial charge on any atom is 0.139 e. The maximum absolute atomic E-state index is 8.86. The van der Waals surface area contributed by atoms with Crippen LogP contribution in [0.25, 0.3) is 0 Å². The van der Waals surface area contributed by atoms with Gasteiger partial charge >= 0.3 is 0 Å². The molecular formula is C15H18N4OS. The standard InChI is InChI=1S/C15H18N4OS/c1-2-19-5-4-17-15(19)14-13(3-6-20-14)18-9-12-7-11(8-16)10-21-12/h4-5,7,10,13-14,18H,2-3,6,9H2,1H3/t13-,14-/m0/s1.